The molecule has 1 aliphatic rings. The maximum Gasteiger partial charge on any atom is 0.285 e. The Labute approximate surface area is 115 Å². The number of nitrogens with zero attached hydrogens (tertiary/aromatic N) is 2. The highest BCUT2D eigenvalue weighted by molar-refractivity contribution is 5.98. The predicted octanol–water partition coefficient (Wildman–Crippen LogP) is 1.46. The largest absolute Gasteiger partial charge is 0.338 e. The number of nitro benzene ring substituents is 1. The van der Waals surface area contributed by atoms with Gasteiger partial charge < -0.3 is 10.6 Å². The molecule has 1 amide bonds. The molecule has 2 rings (SSSR count). The van der Waals surface area contributed by atoms with E-state index in [-0.39, 0.29) is 22.7 Å². The Balaban J connectivity index is 2.37. The van der Waals surface area contributed by atoms with Gasteiger partial charge in [0.25, 0.3) is 11.6 Å². The van der Waals surface area contributed by atoms with E-state index in [0.29, 0.717) is 19.6 Å². The summed E-state index contributed by atoms with van der Waals surface area (Å²) in [4.78, 5) is 24.3. The number of halogens is 1. The maximum atomic E-state index is 13.4. The molecule has 7 heteroatoms. The highest BCUT2D eigenvalue weighted by Crippen LogP contribution is 2.27. The second kappa shape index (κ2) is 5.54. The number of benzene rings is 1. The van der Waals surface area contributed by atoms with E-state index in [1.807, 2.05) is 0 Å². The Hall–Kier alpha value is -2.02. The van der Waals surface area contributed by atoms with Crippen molar-refractivity contribution in [1.29, 1.82) is 0 Å². The first-order valence-corrected chi connectivity index (χ1v) is 6.38. The van der Waals surface area contributed by atoms with Crippen molar-refractivity contribution < 1.29 is 14.1 Å². The fraction of sp³-hybridized carbons (Fsp3) is 0.462. The number of hydrogen-bond acceptors (Lipinski definition) is 4. The molecule has 6 nitrogen and oxygen atoms in total. The van der Waals surface area contributed by atoms with Gasteiger partial charge >= 0.3 is 0 Å². The maximum absolute atomic E-state index is 13.4. The molecule has 1 heterocycles. The first-order chi connectivity index (χ1) is 9.43. The molecule has 0 spiro atoms. The van der Waals surface area contributed by atoms with Crippen LogP contribution in [0.15, 0.2) is 12.1 Å². The standard InChI is InChI=1S/C13H16FN3O3/c1-8-4-10(14)5-11(12(8)17(19)20)13(18)16-3-2-9(6-15)7-16/h4-5,9H,2-3,6-7,15H2,1H3. The van der Waals surface area contributed by atoms with Crippen LogP contribution in [0.5, 0.6) is 0 Å². The van der Waals surface area contributed by atoms with Gasteiger partial charge in [-0.25, -0.2) is 4.39 Å². The van der Waals surface area contributed by atoms with Gasteiger partial charge in [0.05, 0.1) is 4.92 Å². The average Bonchev–Trinajstić information content (AvgIpc) is 2.84. The third kappa shape index (κ3) is 2.62. The molecule has 108 valence electrons. The van der Waals surface area contributed by atoms with Gasteiger partial charge in [-0.1, -0.05) is 0 Å². The summed E-state index contributed by atoms with van der Waals surface area (Å²) in [7, 11) is 0. The van der Waals surface area contributed by atoms with Crippen LogP contribution in [0.4, 0.5) is 10.1 Å². The van der Waals surface area contributed by atoms with Crippen LogP contribution in [-0.2, 0) is 0 Å². The zero-order valence-electron chi connectivity index (χ0n) is 11.1. The second-order valence-corrected chi connectivity index (χ2v) is 5.02. The summed E-state index contributed by atoms with van der Waals surface area (Å²) in [6.07, 6.45) is 0.768. The van der Waals surface area contributed by atoms with Crippen molar-refractivity contribution in [2.45, 2.75) is 13.3 Å². The minimum atomic E-state index is -0.647. The van der Waals surface area contributed by atoms with Gasteiger partial charge in [-0.05, 0) is 37.9 Å². The molecule has 1 fully saturated rings. The number of nitro groups is 1. The van der Waals surface area contributed by atoms with E-state index >= 15 is 0 Å². The Kier molecular flexibility index (Phi) is 3.99. The molecule has 1 aromatic rings. The van der Waals surface area contributed by atoms with Gasteiger partial charge in [0.1, 0.15) is 11.4 Å². The molecule has 0 saturated carbocycles. The van der Waals surface area contributed by atoms with Gasteiger partial charge in [-0.2, -0.15) is 0 Å². The molecule has 1 saturated heterocycles. The van der Waals surface area contributed by atoms with Crippen LogP contribution in [-0.4, -0.2) is 35.4 Å². The van der Waals surface area contributed by atoms with Crippen molar-refractivity contribution in [2.24, 2.45) is 11.7 Å². The van der Waals surface area contributed by atoms with Crippen molar-refractivity contribution in [3.63, 3.8) is 0 Å². The van der Waals surface area contributed by atoms with E-state index in [4.69, 9.17) is 5.73 Å². The predicted molar refractivity (Wildman–Crippen MR) is 70.9 cm³/mol. The molecule has 0 aliphatic carbocycles. The topological polar surface area (TPSA) is 89.5 Å². The smallest absolute Gasteiger partial charge is 0.285 e. The van der Waals surface area contributed by atoms with Crippen LogP contribution < -0.4 is 5.73 Å². The van der Waals surface area contributed by atoms with Gasteiger partial charge in [0, 0.05) is 18.7 Å². The molecule has 20 heavy (non-hydrogen) atoms. The molecule has 1 atom stereocenters. The van der Waals surface area contributed by atoms with Gasteiger partial charge in [-0.15, -0.1) is 0 Å². The Morgan fingerprint density at radius 3 is 2.85 bits per heavy atom. The van der Waals surface area contributed by atoms with Crippen molar-refractivity contribution in [3.05, 3.63) is 39.2 Å². The van der Waals surface area contributed by atoms with E-state index in [9.17, 15) is 19.3 Å². The van der Waals surface area contributed by atoms with Crippen LogP contribution in [0.25, 0.3) is 0 Å². The van der Waals surface area contributed by atoms with E-state index in [2.05, 4.69) is 0 Å². The summed E-state index contributed by atoms with van der Waals surface area (Å²) in [6.45, 7) is 2.84. The lowest BCUT2D eigenvalue weighted by atomic mass is 10.1. The normalized spacial score (nSPS) is 18.4. The Morgan fingerprint density at radius 2 is 2.30 bits per heavy atom. The summed E-state index contributed by atoms with van der Waals surface area (Å²) in [6, 6.07) is 1.99. The Bertz CT molecular complexity index is 562. The molecule has 0 aromatic heterocycles. The molecule has 2 N–H and O–H groups in total. The fourth-order valence-electron chi connectivity index (χ4n) is 2.52. The lowest BCUT2D eigenvalue weighted by Crippen LogP contribution is -2.30. The summed E-state index contributed by atoms with van der Waals surface area (Å²) >= 11 is 0. The molecule has 0 radical (unpaired) electrons. The van der Waals surface area contributed by atoms with Crippen molar-refractivity contribution in [3.8, 4) is 0 Å². The van der Waals surface area contributed by atoms with Crippen LogP contribution in [0.3, 0.4) is 0 Å². The highest BCUT2D eigenvalue weighted by atomic mass is 19.1. The number of aryl methyl sites for hydroxylation is 1. The molecule has 1 unspecified atom stereocenters. The first-order valence-electron chi connectivity index (χ1n) is 6.38. The number of likely N-dealkylation sites (tertiary alicyclic amines) is 1. The van der Waals surface area contributed by atoms with Crippen molar-refractivity contribution in [2.75, 3.05) is 19.6 Å². The van der Waals surface area contributed by atoms with E-state index in [0.717, 1.165) is 18.6 Å². The third-order valence-corrected chi connectivity index (χ3v) is 3.58. The van der Waals surface area contributed by atoms with E-state index < -0.39 is 16.6 Å². The summed E-state index contributed by atoms with van der Waals surface area (Å²) in [5, 5.41) is 11.1. The lowest BCUT2D eigenvalue weighted by Gasteiger charge is -2.16. The lowest BCUT2D eigenvalue weighted by molar-refractivity contribution is -0.385. The second-order valence-electron chi connectivity index (χ2n) is 5.02. The molecule has 1 aromatic carbocycles. The highest BCUT2D eigenvalue weighted by Gasteiger charge is 2.31. The van der Waals surface area contributed by atoms with Crippen molar-refractivity contribution >= 4 is 11.6 Å². The minimum absolute atomic E-state index is 0.146. The number of carbonyl (C=O) groups is 1. The minimum Gasteiger partial charge on any atom is -0.338 e. The van der Waals surface area contributed by atoms with Crippen LogP contribution in [0.1, 0.15) is 22.3 Å². The molecular formula is C13H16FN3O3. The van der Waals surface area contributed by atoms with Crippen LogP contribution in [0.2, 0.25) is 0 Å². The summed E-state index contributed by atoms with van der Waals surface area (Å²) in [5.74, 6) is -0.950. The van der Waals surface area contributed by atoms with Gasteiger partial charge in [-0.3, -0.25) is 14.9 Å². The quantitative estimate of drug-likeness (QED) is 0.671. The van der Waals surface area contributed by atoms with Crippen LogP contribution in [0, 0.1) is 28.8 Å². The zero-order chi connectivity index (χ0) is 14.9. The monoisotopic (exact) mass is 281 g/mol. The van der Waals surface area contributed by atoms with Gasteiger partial charge in [0.2, 0.25) is 0 Å². The molecule has 1 aliphatic heterocycles. The van der Waals surface area contributed by atoms with Crippen molar-refractivity contribution in [1.82, 2.24) is 4.90 Å². The first kappa shape index (κ1) is 14.4. The number of amides is 1. The average molecular weight is 281 g/mol. The number of rotatable bonds is 3. The summed E-state index contributed by atoms with van der Waals surface area (Å²) in [5.41, 5.74) is 5.19. The van der Waals surface area contributed by atoms with E-state index in [1.165, 1.54) is 11.8 Å². The SMILES string of the molecule is Cc1cc(F)cc(C(=O)N2CCC(CN)C2)c1[N+](=O)[O-]. The van der Waals surface area contributed by atoms with Crippen LogP contribution >= 0.6 is 0 Å². The zero-order valence-corrected chi connectivity index (χ0v) is 11.1. The third-order valence-electron chi connectivity index (χ3n) is 3.58. The van der Waals surface area contributed by atoms with E-state index in [1.54, 1.807) is 0 Å². The van der Waals surface area contributed by atoms with Gasteiger partial charge in [0.15, 0.2) is 0 Å². The molecular weight excluding hydrogens is 265 g/mol. The number of hydrogen-bond donors (Lipinski definition) is 1. The number of nitrogens with two attached hydrogens (primary N) is 1. The fourth-order valence-corrected chi connectivity index (χ4v) is 2.52. The summed E-state index contributed by atoms with van der Waals surface area (Å²) < 4.78 is 13.4. The number of carbonyl (C=O) groups excluding carboxylic acids is 1. The molecule has 0 bridgehead atoms. The Morgan fingerprint density at radius 1 is 1.60 bits per heavy atom.